The van der Waals surface area contributed by atoms with Crippen LogP contribution in [-0.2, 0) is 20.8 Å². The Morgan fingerprint density at radius 2 is 2.00 bits per heavy atom. The zero-order valence-electron chi connectivity index (χ0n) is 11.4. The first-order valence-corrected chi connectivity index (χ1v) is 6.26. The summed E-state index contributed by atoms with van der Waals surface area (Å²) in [6, 6.07) is 6.21. The summed E-state index contributed by atoms with van der Waals surface area (Å²) < 4.78 is 0. The Balaban J connectivity index is 2.29. The van der Waals surface area contributed by atoms with E-state index in [0.717, 1.165) is 5.56 Å². The van der Waals surface area contributed by atoms with Crippen molar-refractivity contribution in [2.45, 2.75) is 19.4 Å². The van der Waals surface area contributed by atoms with Gasteiger partial charge in [-0.3, -0.25) is 14.5 Å². The van der Waals surface area contributed by atoms with Gasteiger partial charge in [-0.2, -0.15) is 0 Å². The van der Waals surface area contributed by atoms with Gasteiger partial charge in [0.2, 0.25) is 11.8 Å². The molecule has 6 heteroatoms. The quantitative estimate of drug-likeness (QED) is 0.872. The number of carboxylic acids is 1. The monoisotopic (exact) mass is 276 g/mol. The number of benzene rings is 1. The van der Waals surface area contributed by atoms with Crippen molar-refractivity contribution in [3.05, 3.63) is 29.8 Å². The lowest BCUT2D eigenvalue weighted by Crippen LogP contribution is -2.47. The molecule has 0 aromatic heterocycles. The van der Waals surface area contributed by atoms with E-state index in [0.29, 0.717) is 12.1 Å². The Bertz CT molecular complexity index is 570. The number of nitrogens with zero attached hydrogens (tertiary/aromatic N) is 2. The SMILES string of the molecule is CC(=O)N(C)CC(=O)N1c2ccccc2C[C@H]1C(=O)O. The smallest absolute Gasteiger partial charge is 0.327 e. The van der Waals surface area contributed by atoms with Crippen LogP contribution in [0, 0.1) is 0 Å². The molecule has 1 atom stereocenters. The molecule has 1 aliphatic heterocycles. The molecule has 2 rings (SSSR count). The van der Waals surface area contributed by atoms with Crippen LogP contribution in [0.1, 0.15) is 12.5 Å². The molecule has 1 aromatic carbocycles. The third-order valence-corrected chi connectivity index (χ3v) is 3.44. The Morgan fingerprint density at radius 1 is 1.35 bits per heavy atom. The van der Waals surface area contributed by atoms with E-state index in [1.807, 2.05) is 12.1 Å². The van der Waals surface area contributed by atoms with Gasteiger partial charge in [0.25, 0.3) is 0 Å². The molecule has 0 fully saturated rings. The van der Waals surface area contributed by atoms with Crippen LogP contribution in [0.3, 0.4) is 0 Å². The number of aliphatic carboxylic acids is 1. The zero-order valence-corrected chi connectivity index (χ0v) is 11.4. The van der Waals surface area contributed by atoms with Gasteiger partial charge in [0.15, 0.2) is 0 Å². The summed E-state index contributed by atoms with van der Waals surface area (Å²) in [5.74, 6) is -1.67. The van der Waals surface area contributed by atoms with E-state index in [-0.39, 0.29) is 18.4 Å². The van der Waals surface area contributed by atoms with Gasteiger partial charge in [-0.1, -0.05) is 18.2 Å². The first-order chi connectivity index (χ1) is 9.41. The molecule has 6 nitrogen and oxygen atoms in total. The van der Waals surface area contributed by atoms with Crippen LogP contribution in [0.2, 0.25) is 0 Å². The van der Waals surface area contributed by atoms with Crippen molar-refractivity contribution < 1.29 is 19.5 Å². The maximum absolute atomic E-state index is 12.3. The number of rotatable bonds is 3. The highest BCUT2D eigenvalue weighted by molar-refractivity contribution is 6.03. The van der Waals surface area contributed by atoms with Crippen molar-refractivity contribution in [3.8, 4) is 0 Å². The average Bonchev–Trinajstić information content (AvgIpc) is 2.77. The number of likely N-dealkylation sites (N-methyl/N-ethyl adjacent to an activating group) is 1. The zero-order chi connectivity index (χ0) is 14.9. The van der Waals surface area contributed by atoms with Crippen molar-refractivity contribution in [3.63, 3.8) is 0 Å². The fraction of sp³-hybridized carbons (Fsp3) is 0.357. The van der Waals surface area contributed by atoms with Gasteiger partial charge in [0.05, 0.1) is 6.54 Å². The topological polar surface area (TPSA) is 77.9 Å². The molecule has 0 unspecified atom stereocenters. The van der Waals surface area contributed by atoms with Gasteiger partial charge in [-0.25, -0.2) is 4.79 Å². The van der Waals surface area contributed by atoms with E-state index in [2.05, 4.69) is 0 Å². The van der Waals surface area contributed by atoms with E-state index in [1.165, 1.54) is 23.8 Å². The van der Waals surface area contributed by atoms with Crippen LogP contribution in [0.5, 0.6) is 0 Å². The largest absolute Gasteiger partial charge is 0.480 e. The van der Waals surface area contributed by atoms with E-state index in [4.69, 9.17) is 0 Å². The number of anilines is 1. The Morgan fingerprint density at radius 3 is 2.60 bits per heavy atom. The van der Waals surface area contributed by atoms with E-state index in [1.54, 1.807) is 12.1 Å². The van der Waals surface area contributed by atoms with Crippen LogP contribution in [-0.4, -0.2) is 47.4 Å². The Hall–Kier alpha value is -2.37. The summed E-state index contributed by atoms with van der Waals surface area (Å²) in [4.78, 5) is 37.4. The van der Waals surface area contributed by atoms with Gasteiger partial charge in [0, 0.05) is 26.1 Å². The fourth-order valence-electron chi connectivity index (χ4n) is 2.28. The first-order valence-electron chi connectivity index (χ1n) is 6.26. The third kappa shape index (κ3) is 2.49. The molecule has 1 aromatic rings. The van der Waals surface area contributed by atoms with E-state index < -0.39 is 12.0 Å². The fourth-order valence-corrected chi connectivity index (χ4v) is 2.28. The average molecular weight is 276 g/mol. The summed E-state index contributed by atoms with van der Waals surface area (Å²) in [5.41, 5.74) is 1.44. The minimum Gasteiger partial charge on any atom is -0.480 e. The third-order valence-electron chi connectivity index (χ3n) is 3.44. The Labute approximate surface area is 116 Å². The van der Waals surface area contributed by atoms with Crippen LogP contribution >= 0.6 is 0 Å². The van der Waals surface area contributed by atoms with Gasteiger partial charge in [0.1, 0.15) is 6.04 Å². The highest BCUT2D eigenvalue weighted by Crippen LogP contribution is 2.32. The summed E-state index contributed by atoms with van der Waals surface area (Å²) in [7, 11) is 1.51. The normalized spacial score (nSPS) is 16.7. The molecule has 106 valence electrons. The standard InChI is InChI=1S/C14H16N2O4/c1-9(17)15(2)8-13(18)16-11-6-4-3-5-10(11)7-12(16)14(19)20/h3-6,12H,7-8H2,1-2H3,(H,19,20)/t12-/m0/s1. The highest BCUT2D eigenvalue weighted by Gasteiger charge is 2.38. The number of hydrogen-bond acceptors (Lipinski definition) is 3. The second kappa shape index (κ2) is 5.32. The van der Waals surface area contributed by atoms with Crippen LogP contribution in [0.15, 0.2) is 24.3 Å². The molecule has 0 spiro atoms. The Kier molecular flexibility index (Phi) is 3.74. The molecule has 0 aliphatic carbocycles. The van der Waals surface area contributed by atoms with Gasteiger partial charge in [-0.15, -0.1) is 0 Å². The second-order valence-corrected chi connectivity index (χ2v) is 4.83. The summed E-state index contributed by atoms with van der Waals surface area (Å²) >= 11 is 0. The molecule has 0 radical (unpaired) electrons. The lowest BCUT2D eigenvalue weighted by molar-refractivity contribution is -0.140. The number of carboxylic acid groups (broad SMARTS) is 1. The highest BCUT2D eigenvalue weighted by atomic mass is 16.4. The lowest BCUT2D eigenvalue weighted by Gasteiger charge is -2.25. The molecule has 20 heavy (non-hydrogen) atoms. The number of fused-ring (bicyclic) bond motifs is 1. The summed E-state index contributed by atoms with van der Waals surface area (Å²) in [6.45, 7) is 1.23. The van der Waals surface area contributed by atoms with Crippen molar-refractivity contribution in [2.75, 3.05) is 18.5 Å². The van der Waals surface area contributed by atoms with Crippen molar-refractivity contribution in [1.82, 2.24) is 4.90 Å². The predicted octanol–water partition coefficient (Wildman–Crippen LogP) is 0.507. The molecule has 0 saturated carbocycles. The minimum absolute atomic E-state index is 0.132. The van der Waals surface area contributed by atoms with E-state index >= 15 is 0 Å². The van der Waals surface area contributed by atoms with Crippen LogP contribution in [0.25, 0.3) is 0 Å². The number of carbonyl (C=O) groups excluding carboxylic acids is 2. The molecule has 0 bridgehead atoms. The van der Waals surface area contributed by atoms with Crippen LogP contribution < -0.4 is 4.90 Å². The first kappa shape index (κ1) is 14.0. The van der Waals surface area contributed by atoms with Crippen molar-refractivity contribution >= 4 is 23.5 Å². The molecule has 2 amide bonds. The van der Waals surface area contributed by atoms with E-state index in [9.17, 15) is 19.5 Å². The molecule has 1 aliphatic rings. The number of carbonyl (C=O) groups is 3. The lowest BCUT2D eigenvalue weighted by atomic mass is 10.1. The second-order valence-electron chi connectivity index (χ2n) is 4.83. The molecule has 1 N–H and O–H groups in total. The van der Waals surface area contributed by atoms with Gasteiger partial charge >= 0.3 is 5.97 Å². The van der Waals surface area contributed by atoms with Crippen molar-refractivity contribution in [2.24, 2.45) is 0 Å². The number of para-hydroxylation sites is 1. The summed E-state index contributed by atoms with van der Waals surface area (Å²) in [6.07, 6.45) is 0.293. The molecular weight excluding hydrogens is 260 g/mol. The molecular formula is C14H16N2O4. The van der Waals surface area contributed by atoms with Crippen LogP contribution in [0.4, 0.5) is 5.69 Å². The van der Waals surface area contributed by atoms with Gasteiger partial charge in [-0.05, 0) is 11.6 Å². The number of hydrogen-bond donors (Lipinski definition) is 1. The van der Waals surface area contributed by atoms with Crippen molar-refractivity contribution in [1.29, 1.82) is 0 Å². The maximum atomic E-state index is 12.3. The molecule has 1 heterocycles. The summed E-state index contributed by atoms with van der Waals surface area (Å²) in [5, 5.41) is 9.27. The minimum atomic E-state index is -1.04. The maximum Gasteiger partial charge on any atom is 0.327 e. The van der Waals surface area contributed by atoms with Gasteiger partial charge < -0.3 is 10.0 Å². The number of amides is 2. The predicted molar refractivity (Wildman–Crippen MR) is 72.4 cm³/mol. The molecule has 0 saturated heterocycles.